The van der Waals surface area contributed by atoms with Gasteiger partial charge < -0.3 is 0 Å². The first-order chi connectivity index (χ1) is 15.2. The zero-order valence-electron chi connectivity index (χ0n) is 19.8. The van der Waals surface area contributed by atoms with Gasteiger partial charge in [0.15, 0.2) is 0 Å². The van der Waals surface area contributed by atoms with E-state index in [0.717, 1.165) is 18.4 Å². The zero-order valence-corrected chi connectivity index (χ0v) is 19.8. The van der Waals surface area contributed by atoms with Crippen LogP contribution in [0.1, 0.15) is 92.7 Å². The van der Waals surface area contributed by atoms with Gasteiger partial charge in [0.05, 0.1) is 11.1 Å². The second kappa shape index (κ2) is 8.45. The van der Waals surface area contributed by atoms with E-state index < -0.39 is 0 Å². The third kappa shape index (κ3) is 3.67. The van der Waals surface area contributed by atoms with Crippen molar-refractivity contribution in [1.29, 1.82) is 0 Å². The predicted molar refractivity (Wildman–Crippen MR) is 125 cm³/mol. The van der Waals surface area contributed by atoms with Crippen molar-refractivity contribution in [2.75, 3.05) is 0 Å². The molecule has 2 aliphatic rings. The highest BCUT2D eigenvalue weighted by molar-refractivity contribution is 6.21. The number of nitrogens with zero attached hydrogens (tertiary/aromatic N) is 2. The van der Waals surface area contributed by atoms with Crippen LogP contribution in [0.5, 0.6) is 0 Å². The topological polar surface area (TPSA) is 49.9 Å². The molecule has 0 spiro atoms. The van der Waals surface area contributed by atoms with E-state index in [-0.39, 0.29) is 35.0 Å². The summed E-state index contributed by atoms with van der Waals surface area (Å²) in [6.45, 7) is 10.8. The van der Waals surface area contributed by atoms with E-state index in [1.165, 1.54) is 4.90 Å². The Kier molecular flexibility index (Phi) is 5.99. The molecule has 170 valence electrons. The van der Waals surface area contributed by atoms with Crippen molar-refractivity contribution >= 4 is 11.8 Å². The summed E-state index contributed by atoms with van der Waals surface area (Å²) < 4.78 is 0. The largest absolute Gasteiger partial charge is 0.290 e. The number of rotatable bonds is 6. The maximum absolute atomic E-state index is 13.2. The highest BCUT2D eigenvalue weighted by Crippen LogP contribution is 2.47. The highest BCUT2D eigenvalue weighted by Gasteiger charge is 2.54. The molecule has 2 aromatic rings. The summed E-state index contributed by atoms with van der Waals surface area (Å²) in [4.78, 5) is 34.6. The normalized spacial score (nSPS) is 23.3. The Hall–Kier alpha value is -2.50. The van der Waals surface area contributed by atoms with Gasteiger partial charge in [-0.2, -0.15) is 5.06 Å². The Morgan fingerprint density at radius 3 is 1.97 bits per heavy atom. The molecule has 2 aliphatic heterocycles. The molecule has 0 N–H and O–H groups in total. The van der Waals surface area contributed by atoms with Crippen molar-refractivity contribution in [1.82, 2.24) is 9.96 Å². The van der Waals surface area contributed by atoms with Gasteiger partial charge in [-0.15, -0.1) is 0 Å². The van der Waals surface area contributed by atoms with Crippen LogP contribution in [-0.2, 0) is 4.84 Å². The van der Waals surface area contributed by atoms with Crippen molar-refractivity contribution in [2.45, 2.75) is 83.5 Å². The van der Waals surface area contributed by atoms with E-state index in [1.54, 1.807) is 12.1 Å². The second-order valence-corrected chi connectivity index (χ2v) is 9.78. The van der Waals surface area contributed by atoms with E-state index in [1.807, 2.05) is 30.3 Å². The first-order valence-corrected chi connectivity index (χ1v) is 11.7. The van der Waals surface area contributed by atoms with E-state index in [2.05, 4.69) is 51.8 Å². The summed E-state index contributed by atoms with van der Waals surface area (Å²) in [6.07, 6.45) is 3.02. The van der Waals surface area contributed by atoms with Crippen molar-refractivity contribution in [3.8, 4) is 0 Å². The quantitative estimate of drug-likeness (QED) is 0.541. The lowest BCUT2D eigenvalue weighted by Crippen LogP contribution is -2.66. The Morgan fingerprint density at radius 1 is 0.906 bits per heavy atom. The molecule has 5 nitrogen and oxygen atoms in total. The van der Waals surface area contributed by atoms with Crippen LogP contribution in [-0.4, -0.2) is 38.9 Å². The summed E-state index contributed by atoms with van der Waals surface area (Å²) in [5, 5.41) is 2.19. The SMILES string of the molecule is CCC1(CC)CC(N2C(=O)c3ccccc3C2=O)CC(C)(C)N1OC(C)c1ccccc1. The third-order valence-electron chi connectivity index (χ3n) is 7.37. The van der Waals surface area contributed by atoms with Crippen molar-refractivity contribution in [3.63, 3.8) is 0 Å². The fourth-order valence-corrected chi connectivity index (χ4v) is 5.64. The highest BCUT2D eigenvalue weighted by atomic mass is 16.7. The average Bonchev–Trinajstić information content (AvgIpc) is 3.05. The van der Waals surface area contributed by atoms with Crippen LogP contribution < -0.4 is 0 Å². The number of fused-ring (bicyclic) bond motifs is 1. The van der Waals surface area contributed by atoms with Gasteiger partial charge in [0.2, 0.25) is 0 Å². The summed E-state index contributed by atoms with van der Waals surface area (Å²) in [7, 11) is 0. The second-order valence-electron chi connectivity index (χ2n) is 9.78. The molecular weight excluding hydrogens is 400 g/mol. The molecule has 2 amide bonds. The van der Waals surface area contributed by atoms with Gasteiger partial charge >= 0.3 is 0 Å². The summed E-state index contributed by atoms with van der Waals surface area (Å²) in [6, 6.07) is 17.2. The lowest BCUT2D eigenvalue weighted by atomic mass is 9.73. The number of hydrogen-bond donors (Lipinski definition) is 0. The zero-order chi connectivity index (χ0) is 23.1. The van der Waals surface area contributed by atoms with Crippen LogP contribution >= 0.6 is 0 Å². The number of imide groups is 1. The minimum absolute atomic E-state index is 0.0937. The Morgan fingerprint density at radius 2 is 1.44 bits per heavy atom. The molecule has 2 heterocycles. The molecule has 0 aromatic heterocycles. The van der Waals surface area contributed by atoms with Crippen molar-refractivity contribution in [3.05, 3.63) is 71.3 Å². The lowest BCUT2D eigenvalue weighted by molar-refractivity contribution is -0.318. The van der Waals surface area contributed by atoms with Gasteiger partial charge in [0.25, 0.3) is 11.8 Å². The maximum atomic E-state index is 13.2. The fourth-order valence-electron chi connectivity index (χ4n) is 5.64. The lowest BCUT2D eigenvalue weighted by Gasteiger charge is -2.57. The molecule has 5 heteroatoms. The minimum Gasteiger partial charge on any atom is -0.290 e. The molecule has 2 aromatic carbocycles. The number of amides is 2. The van der Waals surface area contributed by atoms with Gasteiger partial charge in [0, 0.05) is 17.1 Å². The van der Waals surface area contributed by atoms with E-state index >= 15 is 0 Å². The van der Waals surface area contributed by atoms with Crippen LogP contribution in [0.3, 0.4) is 0 Å². The van der Waals surface area contributed by atoms with Gasteiger partial charge in [-0.3, -0.25) is 19.3 Å². The van der Waals surface area contributed by atoms with Crippen LogP contribution in [0.2, 0.25) is 0 Å². The van der Waals surface area contributed by atoms with Gasteiger partial charge in [-0.1, -0.05) is 56.3 Å². The third-order valence-corrected chi connectivity index (χ3v) is 7.37. The minimum atomic E-state index is -0.354. The number of piperidine rings is 1. The predicted octanol–water partition coefficient (Wildman–Crippen LogP) is 5.78. The van der Waals surface area contributed by atoms with E-state index in [9.17, 15) is 9.59 Å². The van der Waals surface area contributed by atoms with Gasteiger partial charge in [0.1, 0.15) is 6.10 Å². The van der Waals surface area contributed by atoms with Gasteiger partial charge in [-0.25, -0.2) is 0 Å². The summed E-state index contributed by atoms with van der Waals surface area (Å²) in [5.41, 5.74) is 1.54. The van der Waals surface area contributed by atoms with Crippen LogP contribution in [0.4, 0.5) is 0 Å². The molecule has 2 unspecified atom stereocenters. The molecule has 0 aliphatic carbocycles. The van der Waals surface area contributed by atoms with Gasteiger partial charge in [-0.05, 0) is 64.2 Å². The molecule has 0 radical (unpaired) electrons. The maximum Gasteiger partial charge on any atom is 0.261 e. The summed E-state index contributed by atoms with van der Waals surface area (Å²) >= 11 is 0. The summed E-state index contributed by atoms with van der Waals surface area (Å²) in [5.74, 6) is -0.334. The number of benzene rings is 2. The first kappa shape index (κ1) is 22.7. The van der Waals surface area contributed by atoms with Crippen molar-refractivity contribution in [2.24, 2.45) is 0 Å². The Balaban J connectivity index is 1.65. The number of hydrogen-bond acceptors (Lipinski definition) is 4. The molecule has 1 saturated heterocycles. The smallest absolute Gasteiger partial charge is 0.261 e. The molecule has 2 atom stereocenters. The van der Waals surface area contributed by atoms with Crippen LogP contribution in [0, 0.1) is 0 Å². The number of hydroxylamine groups is 2. The Labute approximate surface area is 191 Å². The van der Waals surface area contributed by atoms with Crippen LogP contribution in [0.15, 0.2) is 54.6 Å². The van der Waals surface area contributed by atoms with Crippen molar-refractivity contribution < 1.29 is 14.4 Å². The molecule has 1 fully saturated rings. The number of carbonyl (C=O) groups excluding carboxylic acids is 2. The molecule has 0 saturated carbocycles. The monoisotopic (exact) mass is 434 g/mol. The fraction of sp³-hybridized carbons (Fsp3) is 0.481. The van der Waals surface area contributed by atoms with Crippen LogP contribution in [0.25, 0.3) is 0 Å². The standard InChI is InChI=1S/C27H34N2O3/c1-6-27(7-2)18-21(28-24(30)22-15-11-12-16-23(22)25(28)31)17-26(4,5)29(27)32-19(3)20-13-9-8-10-14-20/h8-16,19,21H,6-7,17-18H2,1-5H3. The molecule has 4 rings (SSSR count). The Bertz CT molecular complexity index is 962. The number of carbonyl (C=O) groups is 2. The average molecular weight is 435 g/mol. The molecule has 32 heavy (non-hydrogen) atoms. The molecular formula is C27H34N2O3. The van der Waals surface area contributed by atoms with E-state index in [0.29, 0.717) is 24.0 Å². The first-order valence-electron chi connectivity index (χ1n) is 11.7. The van der Waals surface area contributed by atoms with E-state index in [4.69, 9.17) is 4.84 Å². The molecule has 0 bridgehead atoms.